The number of thiazole rings is 1. The smallest absolute Gasteiger partial charge is 0.347 e. The molecule has 1 saturated heterocycles. The lowest BCUT2D eigenvalue weighted by atomic mass is 10.0. The van der Waals surface area contributed by atoms with E-state index in [2.05, 4.69) is 15.6 Å². The number of nitrogens with zero attached hydrogens (tertiary/aromatic N) is 1. The Morgan fingerprint density at radius 1 is 1.52 bits per heavy atom. The normalized spacial score (nSPS) is 21.8. The van der Waals surface area contributed by atoms with Gasteiger partial charge < -0.3 is 20.5 Å². The zero-order chi connectivity index (χ0) is 15.4. The van der Waals surface area contributed by atoms with Crippen LogP contribution in [0.5, 0.6) is 0 Å². The molecule has 2 heterocycles. The van der Waals surface area contributed by atoms with Crippen LogP contribution >= 0.6 is 11.3 Å². The summed E-state index contributed by atoms with van der Waals surface area (Å²) >= 11 is 1.08. The maximum absolute atomic E-state index is 11.8. The minimum Gasteiger partial charge on any atom is -0.477 e. The number of urea groups is 1. The minimum atomic E-state index is -0.989. The van der Waals surface area contributed by atoms with Crippen LogP contribution in [0.1, 0.15) is 40.1 Å². The van der Waals surface area contributed by atoms with E-state index in [-0.39, 0.29) is 29.6 Å². The monoisotopic (exact) mass is 313 g/mol. The molecule has 2 amide bonds. The highest BCUT2D eigenvalue weighted by Crippen LogP contribution is 2.17. The van der Waals surface area contributed by atoms with E-state index in [0.717, 1.165) is 24.2 Å². The zero-order valence-electron chi connectivity index (χ0n) is 12.0. The lowest BCUT2D eigenvalue weighted by Gasteiger charge is -2.27. The highest BCUT2D eigenvalue weighted by Gasteiger charge is 2.21. The molecule has 2 unspecified atom stereocenters. The van der Waals surface area contributed by atoms with Gasteiger partial charge in [0.05, 0.1) is 18.3 Å². The third-order valence-corrected chi connectivity index (χ3v) is 4.40. The summed E-state index contributed by atoms with van der Waals surface area (Å²) in [5.41, 5.74) is 0.475. The molecule has 2 rings (SSSR count). The van der Waals surface area contributed by atoms with E-state index in [4.69, 9.17) is 9.84 Å². The summed E-state index contributed by atoms with van der Waals surface area (Å²) < 4.78 is 5.42. The number of nitrogens with one attached hydrogen (secondary N) is 2. The first kappa shape index (κ1) is 15.7. The van der Waals surface area contributed by atoms with Crippen LogP contribution in [0.4, 0.5) is 4.79 Å². The average molecular weight is 313 g/mol. The molecule has 0 radical (unpaired) electrons. The second kappa shape index (κ2) is 6.86. The van der Waals surface area contributed by atoms with E-state index in [1.807, 2.05) is 6.92 Å². The summed E-state index contributed by atoms with van der Waals surface area (Å²) in [6, 6.07) is -0.153. The van der Waals surface area contributed by atoms with Gasteiger partial charge in [-0.15, -0.1) is 11.3 Å². The molecule has 0 aliphatic carbocycles. The minimum absolute atomic E-state index is 0.112. The van der Waals surface area contributed by atoms with Crippen molar-refractivity contribution in [1.82, 2.24) is 15.6 Å². The first-order valence-corrected chi connectivity index (χ1v) is 7.63. The average Bonchev–Trinajstić information content (AvgIpc) is 2.78. The number of hydrogen-bond acceptors (Lipinski definition) is 5. The molecule has 1 aliphatic rings. The molecular weight excluding hydrogens is 294 g/mol. The Hall–Kier alpha value is -1.67. The van der Waals surface area contributed by atoms with E-state index in [9.17, 15) is 9.59 Å². The highest BCUT2D eigenvalue weighted by atomic mass is 32.1. The van der Waals surface area contributed by atoms with Crippen molar-refractivity contribution in [3.8, 4) is 0 Å². The summed E-state index contributed by atoms with van der Waals surface area (Å²) in [6.07, 6.45) is 1.76. The summed E-state index contributed by atoms with van der Waals surface area (Å²) in [6.45, 7) is 4.51. The molecule has 116 valence electrons. The van der Waals surface area contributed by atoms with Gasteiger partial charge in [0.25, 0.3) is 0 Å². The van der Waals surface area contributed by atoms with Crippen molar-refractivity contribution >= 4 is 23.3 Å². The Labute approximate surface area is 126 Å². The van der Waals surface area contributed by atoms with Gasteiger partial charge in [-0.25, -0.2) is 14.6 Å². The van der Waals surface area contributed by atoms with Gasteiger partial charge in [0.1, 0.15) is 9.88 Å². The van der Waals surface area contributed by atoms with E-state index in [0.29, 0.717) is 17.3 Å². The molecule has 1 fully saturated rings. The predicted molar refractivity (Wildman–Crippen MR) is 77.6 cm³/mol. The topological polar surface area (TPSA) is 101 Å². The lowest BCUT2D eigenvalue weighted by molar-refractivity contribution is 0.0154. The summed E-state index contributed by atoms with van der Waals surface area (Å²) in [5.74, 6) is -0.989. The van der Waals surface area contributed by atoms with Crippen molar-refractivity contribution in [2.24, 2.45) is 0 Å². The van der Waals surface area contributed by atoms with Gasteiger partial charge in [0.15, 0.2) is 0 Å². The SMILES string of the molecule is Cc1nc(CNC(=O)NC2CCOC(C)C2)sc1C(=O)O. The van der Waals surface area contributed by atoms with Crippen LogP contribution in [0.3, 0.4) is 0 Å². The number of aryl methyl sites for hydroxylation is 1. The Morgan fingerprint density at radius 3 is 2.90 bits per heavy atom. The van der Waals surface area contributed by atoms with Crippen molar-refractivity contribution in [2.75, 3.05) is 6.61 Å². The number of aromatic carboxylic acids is 1. The van der Waals surface area contributed by atoms with Gasteiger partial charge in [-0.1, -0.05) is 0 Å². The number of carboxylic acids is 1. The van der Waals surface area contributed by atoms with Gasteiger partial charge in [-0.05, 0) is 26.7 Å². The first-order valence-electron chi connectivity index (χ1n) is 6.81. The van der Waals surface area contributed by atoms with Crippen molar-refractivity contribution in [1.29, 1.82) is 0 Å². The van der Waals surface area contributed by atoms with E-state index >= 15 is 0 Å². The standard InChI is InChI=1S/C13H19N3O4S/c1-7-5-9(3-4-20-7)16-13(19)14-6-10-15-8(2)11(21-10)12(17)18/h7,9H,3-6H2,1-2H3,(H,17,18)(H2,14,16,19). The van der Waals surface area contributed by atoms with Crippen LogP contribution in [-0.4, -0.2) is 40.8 Å². The summed E-state index contributed by atoms with van der Waals surface area (Å²) in [5, 5.41) is 15.1. The Kier molecular flexibility index (Phi) is 5.13. The molecular formula is C13H19N3O4S. The molecule has 7 nitrogen and oxygen atoms in total. The maximum atomic E-state index is 11.8. The fourth-order valence-electron chi connectivity index (χ4n) is 2.25. The van der Waals surface area contributed by atoms with Crippen LogP contribution in [-0.2, 0) is 11.3 Å². The summed E-state index contributed by atoms with van der Waals surface area (Å²) in [7, 11) is 0. The third kappa shape index (κ3) is 4.40. The Bertz CT molecular complexity index is 531. The number of carbonyl (C=O) groups excluding carboxylic acids is 1. The third-order valence-electron chi connectivity index (χ3n) is 3.26. The number of aromatic nitrogens is 1. The van der Waals surface area contributed by atoms with E-state index < -0.39 is 5.97 Å². The van der Waals surface area contributed by atoms with Gasteiger partial charge in [-0.3, -0.25) is 0 Å². The molecule has 0 bridgehead atoms. The number of carbonyl (C=O) groups is 2. The van der Waals surface area contributed by atoms with Crippen molar-refractivity contribution < 1.29 is 19.4 Å². The second-order valence-corrected chi connectivity index (χ2v) is 6.14. The van der Waals surface area contributed by atoms with Gasteiger partial charge in [0, 0.05) is 12.6 Å². The molecule has 1 aromatic heterocycles. The predicted octanol–water partition coefficient (Wildman–Crippen LogP) is 1.52. The number of ether oxygens (including phenoxy) is 1. The zero-order valence-corrected chi connectivity index (χ0v) is 12.8. The lowest BCUT2D eigenvalue weighted by Crippen LogP contribution is -2.45. The molecule has 1 aromatic rings. The van der Waals surface area contributed by atoms with Crippen molar-refractivity contribution in [3.05, 3.63) is 15.6 Å². The van der Waals surface area contributed by atoms with Crippen LogP contribution in [0, 0.1) is 6.92 Å². The number of rotatable bonds is 4. The van der Waals surface area contributed by atoms with Crippen molar-refractivity contribution in [3.63, 3.8) is 0 Å². The first-order chi connectivity index (χ1) is 9.95. The van der Waals surface area contributed by atoms with Crippen LogP contribution in [0.25, 0.3) is 0 Å². The molecule has 8 heteroatoms. The second-order valence-electron chi connectivity index (χ2n) is 5.06. The number of hydrogen-bond donors (Lipinski definition) is 3. The van der Waals surface area contributed by atoms with E-state index in [1.54, 1.807) is 6.92 Å². The molecule has 0 saturated carbocycles. The van der Waals surface area contributed by atoms with Gasteiger partial charge >= 0.3 is 12.0 Å². The molecule has 3 N–H and O–H groups in total. The summed E-state index contributed by atoms with van der Waals surface area (Å²) in [4.78, 5) is 27.1. The van der Waals surface area contributed by atoms with Gasteiger partial charge in [0.2, 0.25) is 0 Å². The number of amides is 2. The fraction of sp³-hybridized carbons (Fsp3) is 0.615. The van der Waals surface area contributed by atoms with E-state index in [1.165, 1.54) is 0 Å². The quantitative estimate of drug-likeness (QED) is 0.782. The highest BCUT2D eigenvalue weighted by molar-refractivity contribution is 7.13. The molecule has 0 spiro atoms. The maximum Gasteiger partial charge on any atom is 0.347 e. The Balaban J connectivity index is 1.81. The van der Waals surface area contributed by atoms with Crippen LogP contribution in [0.2, 0.25) is 0 Å². The van der Waals surface area contributed by atoms with Crippen molar-refractivity contribution in [2.45, 2.75) is 45.4 Å². The largest absolute Gasteiger partial charge is 0.477 e. The number of carboxylic acid groups (broad SMARTS) is 1. The molecule has 1 aliphatic heterocycles. The van der Waals surface area contributed by atoms with Gasteiger partial charge in [-0.2, -0.15) is 0 Å². The van der Waals surface area contributed by atoms with Crippen LogP contribution < -0.4 is 10.6 Å². The Morgan fingerprint density at radius 2 is 2.29 bits per heavy atom. The van der Waals surface area contributed by atoms with Crippen LogP contribution in [0.15, 0.2) is 0 Å². The molecule has 0 aromatic carbocycles. The molecule has 2 atom stereocenters. The fourth-order valence-corrected chi connectivity index (χ4v) is 3.09. The molecule has 21 heavy (non-hydrogen) atoms.